The third kappa shape index (κ3) is 5.34. The van der Waals surface area contributed by atoms with Crippen LogP contribution in [0.4, 0.5) is 5.69 Å². The summed E-state index contributed by atoms with van der Waals surface area (Å²) in [5.74, 6) is 0.589. The van der Waals surface area contributed by atoms with Crippen molar-refractivity contribution in [1.82, 2.24) is 10.2 Å². The molecule has 25 heavy (non-hydrogen) atoms. The fourth-order valence-corrected chi connectivity index (χ4v) is 2.81. The van der Waals surface area contributed by atoms with Crippen molar-refractivity contribution in [3.05, 3.63) is 70.6 Å². The first-order valence-electron chi connectivity index (χ1n) is 7.64. The summed E-state index contributed by atoms with van der Waals surface area (Å²) in [5, 5.41) is 11.9. The number of carbonyl (C=O) groups excluding carboxylic acids is 1. The number of halogens is 1. The molecule has 0 spiro atoms. The van der Waals surface area contributed by atoms with Gasteiger partial charge in [0.2, 0.25) is 11.8 Å². The molecule has 1 heterocycles. The van der Waals surface area contributed by atoms with Gasteiger partial charge in [-0.05, 0) is 36.8 Å². The highest BCUT2D eigenvalue weighted by Gasteiger charge is 2.10. The Hall–Kier alpha value is -2.31. The van der Waals surface area contributed by atoms with E-state index in [9.17, 15) is 4.79 Å². The van der Waals surface area contributed by atoms with Crippen molar-refractivity contribution in [3.8, 4) is 0 Å². The number of anilines is 1. The molecule has 0 unspecified atom stereocenters. The molecule has 3 aromatic rings. The van der Waals surface area contributed by atoms with Gasteiger partial charge in [0.15, 0.2) is 0 Å². The van der Waals surface area contributed by atoms with Crippen molar-refractivity contribution in [3.63, 3.8) is 0 Å². The summed E-state index contributed by atoms with van der Waals surface area (Å²) in [6.45, 7) is 2.00. The molecule has 1 aromatic heterocycles. The molecule has 1 amide bonds. The fourth-order valence-electron chi connectivity index (χ4n) is 2.11. The van der Waals surface area contributed by atoms with Crippen molar-refractivity contribution >= 4 is 35.0 Å². The molecular weight excluding hydrogens is 358 g/mol. The first-order valence-corrected chi connectivity index (χ1v) is 9.01. The first kappa shape index (κ1) is 17.5. The third-order valence-electron chi connectivity index (χ3n) is 3.38. The number of hydrogen-bond donors (Lipinski definition) is 1. The highest BCUT2D eigenvalue weighted by Crippen LogP contribution is 2.19. The van der Waals surface area contributed by atoms with Gasteiger partial charge >= 0.3 is 0 Å². The van der Waals surface area contributed by atoms with Crippen LogP contribution in [0.25, 0.3) is 0 Å². The Balaban J connectivity index is 1.50. The van der Waals surface area contributed by atoms with E-state index in [2.05, 4.69) is 15.5 Å². The molecule has 0 saturated carbocycles. The zero-order chi connectivity index (χ0) is 17.6. The summed E-state index contributed by atoms with van der Waals surface area (Å²) < 4.78 is 5.56. The highest BCUT2D eigenvalue weighted by atomic mass is 35.5. The van der Waals surface area contributed by atoms with Gasteiger partial charge in [-0.2, -0.15) is 0 Å². The molecule has 0 radical (unpaired) electrons. The lowest BCUT2D eigenvalue weighted by atomic mass is 10.1. The van der Waals surface area contributed by atoms with Crippen molar-refractivity contribution in [2.24, 2.45) is 0 Å². The molecule has 0 atom stereocenters. The van der Waals surface area contributed by atoms with Gasteiger partial charge in [-0.1, -0.05) is 53.2 Å². The van der Waals surface area contributed by atoms with Gasteiger partial charge in [0.1, 0.15) is 0 Å². The molecule has 5 nitrogen and oxygen atoms in total. The lowest BCUT2D eigenvalue weighted by Crippen LogP contribution is -2.13. The Labute approximate surface area is 154 Å². The summed E-state index contributed by atoms with van der Waals surface area (Å²) in [7, 11) is 0. The van der Waals surface area contributed by atoms with Crippen molar-refractivity contribution in [1.29, 1.82) is 0 Å². The summed E-state index contributed by atoms with van der Waals surface area (Å²) in [6, 6.07) is 15.1. The van der Waals surface area contributed by atoms with Gasteiger partial charge in [-0.3, -0.25) is 4.79 Å². The summed E-state index contributed by atoms with van der Waals surface area (Å²) in [4.78, 5) is 12.0. The molecule has 3 rings (SSSR count). The summed E-state index contributed by atoms with van der Waals surface area (Å²) in [5.41, 5.74) is 2.94. The topological polar surface area (TPSA) is 68.0 Å². The average molecular weight is 374 g/mol. The van der Waals surface area contributed by atoms with E-state index < -0.39 is 0 Å². The molecule has 0 aliphatic heterocycles. The van der Waals surface area contributed by atoms with Gasteiger partial charge in [0, 0.05) is 10.7 Å². The second kappa shape index (κ2) is 8.18. The Morgan fingerprint density at radius 1 is 1.12 bits per heavy atom. The fraction of sp³-hybridized carbons (Fsp3) is 0.167. The Morgan fingerprint density at radius 2 is 1.84 bits per heavy atom. The minimum Gasteiger partial charge on any atom is -0.416 e. The van der Waals surface area contributed by atoms with Crippen LogP contribution in [0.15, 0.2) is 58.2 Å². The number of nitrogens with zero attached hydrogens (tertiary/aromatic N) is 2. The van der Waals surface area contributed by atoms with E-state index >= 15 is 0 Å². The SMILES string of the molecule is Cc1ccc(NC(=O)CSc2nnc(Cc3ccc(Cl)cc3)o2)cc1. The first-order chi connectivity index (χ1) is 12.1. The highest BCUT2D eigenvalue weighted by molar-refractivity contribution is 7.99. The summed E-state index contributed by atoms with van der Waals surface area (Å²) >= 11 is 7.07. The second-order valence-electron chi connectivity index (χ2n) is 5.47. The van der Waals surface area contributed by atoms with Gasteiger partial charge in [0.05, 0.1) is 12.2 Å². The zero-order valence-corrected chi connectivity index (χ0v) is 15.1. The van der Waals surface area contributed by atoms with E-state index in [0.717, 1.165) is 16.8 Å². The van der Waals surface area contributed by atoms with Crippen LogP contribution in [0.1, 0.15) is 17.0 Å². The number of rotatable bonds is 6. The standard InChI is InChI=1S/C18H16ClN3O2S/c1-12-2-8-15(9-3-12)20-16(23)11-25-18-22-21-17(24-18)10-13-4-6-14(19)7-5-13/h2-9H,10-11H2,1H3,(H,20,23). The lowest BCUT2D eigenvalue weighted by molar-refractivity contribution is -0.113. The van der Waals surface area contributed by atoms with E-state index in [1.165, 1.54) is 11.8 Å². The van der Waals surface area contributed by atoms with Gasteiger partial charge in [0.25, 0.3) is 5.22 Å². The third-order valence-corrected chi connectivity index (χ3v) is 4.45. The van der Waals surface area contributed by atoms with Crippen LogP contribution in [-0.2, 0) is 11.2 Å². The number of aromatic nitrogens is 2. The van der Waals surface area contributed by atoms with Crippen molar-refractivity contribution in [2.75, 3.05) is 11.1 Å². The predicted octanol–water partition coefficient (Wildman–Crippen LogP) is 4.35. The number of amides is 1. The minimum atomic E-state index is -0.119. The molecule has 0 bridgehead atoms. The van der Waals surface area contributed by atoms with Crippen LogP contribution in [0.5, 0.6) is 0 Å². The van der Waals surface area contributed by atoms with Crippen LogP contribution in [0, 0.1) is 6.92 Å². The maximum absolute atomic E-state index is 12.0. The van der Waals surface area contributed by atoms with Gasteiger partial charge < -0.3 is 9.73 Å². The Morgan fingerprint density at radius 3 is 2.56 bits per heavy atom. The molecule has 7 heteroatoms. The van der Waals surface area contributed by atoms with Gasteiger partial charge in [-0.25, -0.2) is 0 Å². The molecular formula is C18H16ClN3O2S. The minimum absolute atomic E-state index is 0.119. The monoisotopic (exact) mass is 373 g/mol. The maximum Gasteiger partial charge on any atom is 0.277 e. The average Bonchev–Trinajstić information content (AvgIpc) is 3.05. The van der Waals surface area contributed by atoms with E-state index in [4.69, 9.17) is 16.0 Å². The zero-order valence-electron chi connectivity index (χ0n) is 13.5. The van der Waals surface area contributed by atoms with Crippen LogP contribution >= 0.6 is 23.4 Å². The molecule has 0 aliphatic rings. The number of hydrogen-bond acceptors (Lipinski definition) is 5. The van der Waals surface area contributed by atoms with Crippen LogP contribution in [0.3, 0.4) is 0 Å². The van der Waals surface area contributed by atoms with E-state index in [0.29, 0.717) is 22.6 Å². The van der Waals surface area contributed by atoms with E-state index in [1.807, 2.05) is 55.5 Å². The number of benzene rings is 2. The Kier molecular flexibility index (Phi) is 5.73. The predicted molar refractivity (Wildman–Crippen MR) is 99.1 cm³/mol. The molecule has 0 aliphatic carbocycles. The summed E-state index contributed by atoms with van der Waals surface area (Å²) in [6.07, 6.45) is 0.528. The van der Waals surface area contributed by atoms with Crippen LogP contribution in [-0.4, -0.2) is 21.9 Å². The van der Waals surface area contributed by atoms with Crippen molar-refractivity contribution in [2.45, 2.75) is 18.6 Å². The smallest absolute Gasteiger partial charge is 0.277 e. The maximum atomic E-state index is 12.0. The quantitative estimate of drug-likeness (QED) is 0.650. The normalized spacial score (nSPS) is 10.6. The van der Waals surface area contributed by atoms with Crippen LogP contribution < -0.4 is 5.32 Å². The molecule has 0 fully saturated rings. The van der Waals surface area contributed by atoms with Crippen LogP contribution in [0.2, 0.25) is 5.02 Å². The molecule has 2 aromatic carbocycles. The number of thioether (sulfide) groups is 1. The lowest BCUT2D eigenvalue weighted by Gasteiger charge is -2.04. The number of aryl methyl sites for hydroxylation is 1. The second-order valence-corrected chi connectivity index (χ2v) is 6.83. The van der Waals surface area contributed by atoms with E-state index in [1.54, 1.807) is 0 Å². The molecule has 0 saturated heterocycles. The Bertz CT molecular complexity index is 848. The van der Waals surface area contributed by atoms with E-state index in [-0.39, 0.29) is 11.7 Å². The largest absolute Gasteiger partial charge is 0.416 e. The van der Waals surface area contributed by atoms with Crippen molar-refractivity contribution < 1.29 is 9.21 Å². The number of nitrogens with one attached hydrogen (secondary N) is 1. The van der Waals surface area contributed by atoms with Gasteiger partial charge in [-0.15, -0.1) is 10.2 Å². The molecule has 1 N–H and O–H groups in total. The molecule has 128 valence electrons. The number of carbonyl (C=O) groups is 1.